The normalized spacial score (nSPS) is 25.6. The third kappa shape index (κ3) is 2.79. The summed E-state index contributed by atoms with van der Waals surface area (Å²) in [6.45, 7) is 2.08. The number of hydrogen-bond acceptors (Lipinski definition) is 2. The molecule has 0 heterocycles. The molecule has 1 aromatic rings. The fourth-order valence-corrected chi connectivity index (χ4v) is 3.18. The lowest BCUT2D eigenvalue weighted by molar-refractivity contribution is -0.148. The smallest absolute Gasteiger partial charge is 0.309 e. The van der Waals surface area contributed by atoms with Gasteiger partial charge in [-0.25, -0.2) is 4.39 Å². The molecule has 2 atom stereocenters. The Kier molecular flexibility index (Phi) is 4.31. The number of methoxy groups -OCH3 is 1. The zero-order valence-corrected chi connectivity index (χ0v) is 12.0. The van der Waals surface area contributed by atoms with Gasteiger partial charge in [-0.2, -0.15) is 0 Å². The van der Waals surface area contributed by atoms with Crippen molar-refractivity contribution in [1.82, 2.24) is 0 Å². The Morgan fingerprint density at radius 1 is 1.55 bits per heavy atom. The van der Waals surface area contributed by atoms with Crippen LogP contribution in [0.1, 0.15) is 38.2 Å². The number of carboxylic acids is 1. The van der Waals surface area contributed by atoms with Crippen molar-refractivity contribution in [2.75, 3.05) is 7.11 Å². The van der Waals surface area contributed by atoms with Gasteiger partial charge >= 0.3 is 5.97 Å². The Hall–Kier alpha value is -1.58. The monoisotopic (exact) mass is 280 g/mol. The van der Waals surface area contributed by atoms with Crippen molar-refractivity contribution in [3.63, 3.8) is 0 Å². The first-order valence-electron chi connectivity index (χ1n) is 7.06. The summed E-state index contributed by atoms with van der Waals surface area (Å²) in [7, 11) is 1.48. The van der Waals surface area contributed by atoms with E-state index in [0.717, 1.165) is 12.8 Å². The van der Waals surface area contributed by atoms with E-state index in [1.807, 2.05) is 0 Å². The molecule has 110 valence electrons. The molecule has 4 heteroatoms. The minimum absolute atomic E-state index is 0.259. The maximum Gasteiger partial charge on any atom is 0.309 e. The summed E-state index contributed by atoms with van der Waals surface area (Å²) in [5.74, 6) is -0.297. The summed E-state index contributed by atoms with van der Waals surface area (Å²) in [5, 5.41) is 9.58. The summed E-state index contributed by atoms with van der Waals surface area (Å²) in [6, 6.07) is 4.63. The summed E-state index contributed by atoms with van der Waals surface area (Å²) in [5.41, 5.74) is -0.347. The molecule has 0 aromatic heterocycles. The summed E-state index contributed by atoms with van der Waals surface area (Å²) < 4.78 is 19.0. The Morgan fingerprint density at radius 2 is 2.30 bits per heavy atom. The molecule has 2 unspecified atom stereocenters. The van der Waals surface area contributed by atoms with E-state index in [2.05, 4.69) is 6.92 Å². The summed E-state index contributed by atoms with van der Waals surface area (Å²) in [6.07, 6.45) is 3.44. The van der Waals surface area contributed by atoms with Crippen molar-refractivity contribution in [3.8, 4) is 5.75 Å². The molecule has 0 amide bonds. The van der Waals surface area contributed by atoms with Crippen molar-refractivity contribution >= 4 is 5.97 Å². The van der Waals surface area contributed by atoms with Gasteiger partial charge in [0.2, 0.25) is 0 Å². The highest BCUT2D eigenvalue weighted by Crippen LogP contribution is 2.46. The molecular formula is C16H21FO3. The number of carbonyl (C=O) groups is 1. The van der Waals surface area contributed by atoms with Gasteiger partial charge in [-0.3, -0.25) is 4.79 Å². The van der Waals surface area contributed by atoms with Gasteiger partial charge < -0.3 is 9.84 Å². The van der Waals surface area contributed by atoms with Gasteiger partial charge in [0.15, 0.2) is 0 Å². The zero-order chi connectivity index (χ0) is 14.8. The van der Waals surface area contributed by atoms with E-state index in [4.69, 9.17) is 4.74 Å². The molecule has 2 rings (SSSR count). The van der Waals surface area contributed by atoms with E-state index >= 15 is 0 Å². The molecule has 0 aliphatic heterocycles. The molecule has 20 heavy (non-hydrogen) atoms. The molecule has 0 spiro atoms. The highest BCUT2D eigenvalue weighted by Gasteiger charge is 2.45. The van der Waals surface area contributed by atoms with E-state index in [1.165, 1.54) is 13.2 Å². The lowest BCUT2D eigenvalue weighted by Crippen LogP contribution is -2.31. The summed E-state index contributed by atoms with van der Waals surface area (Å²) >= 11 is 0. The third-order valence-corrected chi connectivity index (χ3v) is 4.53. The third-order valence-electron chi connectivity index (χ3n) is 4.53. The fourth-order valence-electron chi connectivity index (χ4n) is 3.18. The quantitative estimate of drug-likeness (QED) is 0.895. The largest absolute Gasteiger partial charge is 0.497 e. The highest BCUT2D eigenvalue weighted by molar-refractivity contribution is 5.75. The van der Waals surface area contributed by atoms with E-state index in [0.29, 0.717) is 30.1 Å². The SMILES string of the molecule is CCC1CCC(Cc2ccc(OC)cc2F)(C(=O)O)C1. The standard InChI is InChI=1S/C16H21FO3/c1-3-11-6-7-16(9-11,15(18)19)10-12-4-5-13(20-2)8-14(12)17/h4-5,8,11H,3,6-7,9-10H2,1-2H3,(H,18,19). The molecule has 1 aliphatic carbocycles. The van der Waals surface area contributed by atoms with Crippen LogP contribution in [0.4, 0.5) is 4.39 Å². The first-order valence-corrected chi connectivity index (χ1v) is 7.06. The number of halogens is 1. The van der Waals surface area contributed by atoms with Crippen LogP contribution in [0.2, 0.25) is 0 Å². The van der Waals surface area contributed by atoms with Gasteiger partial charge in [-0.15, -0.1) is 0 Å². The van der Waals surface area contributed by atoms with Crippen molar-refractivity contribution < 1.29 is 19.0 Å². The zero-order valence-electron chi connectivity index (χ0n) is 12.0. The fraction of sp³-hybridized carbons (Fsp3) is 0.562. The molecule has 1 aromatic carbocycles. The second-order valence-electron chi connectivity index (χ2n) is 5.74. The molecule has 3 nitrogen and oxygen atoms in total. The van der Waals surface area contributed by atoms with Gasteiger partial charge in [0, 0.05) is 6.07 Å². The van der Waals surface area contributed by atoms with E-state index in [-0.39, 0.29) is 12.2 Å². The van der Waals surface area contributed by atoms with E-state index in [9.17, 15) is 14.3 Å². The van der Waals surface area contributed by atoms with Crippen LogP contribution in [0.3, 0.4) is 0 Å². The highest BCUT2D eigenvalue weighted by atomic mass is 19.1. The van der Waals surface area contributed by atoms with Crippen LogP contribution in [-0.4, -0.2) is 18.2 Å². The van der Waals surface area contributed by atoms with E-state index in [1.54, 1.807) is 12.1 Å². The van der Waals surface area contributed by atoms with Crippen LogP contribution in [0.25, 0.3) is 0 Å². The number of ether oxygens (including phenoxy) is 1. The Bertz CT molecular complexity index is 500. The first kappa shape index (κ1) is 14.8. The second kappa shape index (κ2) is 5.81. The lowest BCUT2D eigenvalue weighted by Gasteiger charge is -2.25. The molecule has 1 N–H and O–H groups in total. The number of benzene rings is 1. The number of hydrogen-bond donors (Lipinski definition) is 1. The average Bonchev–Trinajstić information content (AvgIpc) is 2.86. The van der Waals surface area contributed by atoms with Crippen LogP contribution in [0.5, 0.6) is 5.75 Å². The minimum atomic E-state index is -0.809. The predicted octanol–water partition coefficient (Wildman–Crippen LogP) is 3.66. The average molecular weight is 280 g/mol. The summed E-state index contributed by atoms with van der Waals surface area (Å²) in [4.78, 5) is 11.7. The Balaban J connectivity index is 2.23. The van der Waals surface area contributed by atoms with Crippen molar-refractivity contribution in [2.24, 2.45) is 11.3 Å². The second-order valence-corrected chi connectivity index (χ2v) is 5.74. The molecule has 1 aliphatic rings. The Labute approximate surface area is 118 Å². The molecular weight excluding hydrogens is 259 g/mol. The maximum absolute atomic E-state index is 14.0. The van der Waals surface area contributed by atoms with Crippen molar-refractivity contribution in [1.29, 1.82) is 0 Å². The lowest BCUT2D eigenvalue weighted by atomic mass is 9.79. The minimum Gasteiger partial charge on any atom is -0.497 e. The van der Waals surface area contributed by atoms with Crippen LogP contribution in [0, 0.1) is 17.2 Å². The number of aliphatic carboxylic acids is 1. The van der Waals surface area contributed by atoms with Gasteiger partial charge in [0.25, 0.3) is 0 Å². The Morgan fingerprint density at radius 3 is 2.80 bits per heavy atom. The molecule has 1 fully saturated rings. The number of carboxylic acid groups (broad SMARTS) is 1. The van der Waals surface area contributed by atoms with Gasteiger partial charge in [-0.05, 0) is 43.2 Å². The maximum atomic E-state index is 14.0. The topological polar surface area (TPSA) is 46.5 Å². The first-order chi connectivity index (χ1) is 9.50. The van der Waals surface area contributed by atoms with Crippen molar-refractivity contribution in [2.45, 2.75) is 39.0 Å². The van der Waals surface area contributed by atoms with Crippen LogP contribution in [0.15, 0.2) is 18.2 Å². The van der Waals surface area contributed by atoms with Gasteiger partial charge in [0.1, 0.15) is 11.6 Å². The molecule has 1 saturated carbocycles. The van der Waals surface area contributed by atoms with Crippen LogP contribution in [-0.2, 0) is 11.2 Å². The molecule has 0 saturated heterocycles. The van der Waals surface area contributed by atoms with E-state index < -0.39 is 11.4 Å². The number of rotatable bonds is 5. The van der Waals surface area contributed by atoms with Gasteiger partial charge in [0.05, 0.1) is 12.5 Å². The predicted molar refractivity (Wildman–Crippen MR) is 74.4 cm³/mol. The van der Waals surface area contributed by atoms with Gasteiger partial charge in [-0.1, -0.05) is 19.4 Å². The van der Waals surface area contributed by atoms with Crippen LogP contribution >= 0.6 is 0 Å². The van der Waals surface area contributed by atoms with Crippen LogP contribution < -0.4 is 4.74 Å². The van der Waals surface area contributed by atoms with Crippen molar-refractivity contribution in [3.05, 3.63) is 29.6 Å². The molecule has 0 bridgehead atoms. The molecule has 0 radical (unpaired) electrons.